The summed E-state index contributed by atoms with van der Waals surface area (Å²) in [5, 5.41) is 9.38. The average Bonchev–Trinajstić information content (AvgIpc) is 2.76. The number of aliphatic hydroxyl groups is 1. The van der Waals surface area contributed by atoms with E-state index in [1.54, 1.807) is 0 Å². The number of carbonyl (C=O) groups excluding carboxylic acids is 1. The number of nitrogens with zero attached hydrogens (tertiary/aromatic N) is 3. The van der Waals surface area contributed by atoms with Gasteiger partial charge in [0, 0.05) is 6.54 Å². The van der Waals surface area contributed by atoms with E-state index in [4.69, 9.17) is 11.6 Å². The van der Waals surface area contributed by atoms with Crippen molar-refractivity contribution in [2.75, 3.05) is 18.1 Å². The molecular formula is C10H12ClN3O2. The summed E-state index contributed by atoms with van der Waals surface area (Å²) < 4.78 is 0. The predicted octanol–water partition coefficient (Wildman–Crippen LogP) is 0.904. The summed E-state index contributed by atoms with van der Waals surface area (Å²) in [5.74, 6) is 0.520. The lowest BCUT2D eigenvalue weighted by atomic mass is 10.2. The van der Waals surface area contributed by atoms with Crippen molar-refractivity contribution < 1.29 is 9.90 Å². The maximum absolute atomic E-state index is 10.9. The molecule has 6 heteroatoms. The van der Waals surface area contributed by atoms with Crippen molar-refractivity contribution in [3.8, 4) is 0 Å². The summed E-state index contributed by atoms with van der Waals surface area (Å²) in [7, 11) is 0. The van der Waals surface area contributed by atoms with Gasteiger partial charge in [0.2, 0.25) is 0 Å². The topological polar surface area (TPSA) is 66.3 Å². The van der Waals surface area contributed by atoms with E-state index in [2.05, 4.69) is 9.97 Å². The van der Waals surface area contributed by atoms with Crippen LogP contribution in [0.2, 0.25) is 5.15 Å². The minimum Gasteiger partial charge on any atom is -0.394 e. The number of hydrogen-bond donors (Lipinski definition) is 1. The van der Waals surface area contributed by atoms with E-state index in [0.29, 0.717) is 17.7 Å². The van der Waals surface area contributed by atoms with Crippen LogP contribution >= 0.6 is 11.6 Å². The van der Waals surface area contributed by atoms with E-state index in [0.717, 1.165) is 19.4 Å². The maximum atomic E-state index is 10.9. The minimum atomic E-state index is 0.0182. The molecule has 1 aromatic heterocycles. The lowest BCUT2D eigenvalue weighted by Gasteiger charge is -2.25. The smallest absolute Gasteiger partial charge is 0.156 e. The summed E-state index contributed by atoms with van der Waals surface area (Å²) in [4.78, 5) is 20.7. The monoisotopic (exact) mass is 241 g/mol. The van der Waals surface area contributed by atoms with Crippen molar-refractivity contribution in [3.05, 3.63) is 17.0 Å². The highest BCUT2D eigenvalue weighted by Crippen LogP contribution is 2.28. The molecular weight excluding hydrogens is 230 g/mol. The van der Waals surface area contributed by atoms with Gasteiger partial charge in [0.05, 0.1) is 18.2 Å². The Morgan fingerprint density at radius 1 is 1.62 bits per heavy atom. The molecule has 1 fully saturated rings. The van der Waals surface area contributed by atoms with E-state index in [1.807, 2.05) is 4.90 Å². The normalized spacial score (nSPS) is 20.1. The van der Waals surface area contributed by atoms with Crippen LogP contribution in [0.5, 0.6) is 0 Å². The van der Waals surface area contributed by atoms with Crippen LogP contribution in [0.3, 0.4) is 0 Å². The SMILES string of the molecule is O=Cc1c(Cl)ncnc1N1CCCC1CO. The number of aldehydes is 1. The Hall–Kier alpha value is -1.20. The molecule has 1 atom stereocenters. The van der Waals surface area contributed by atoms with Crippen LogP contribution in [0.1, 0.15) is 23.2 Å². The molecule has 2 heterocycles. The number of halogens is 1. The van der Waals surface area contributed by atoms with Gasteiger partial charge in [-0.05, 0) is 12.8 Å². The van der Waals surface area contributed by atoms with Crippen molar-refractivity contribution in [1.29, 1.82) is 0 Å². The van der Waals surface area contributed by atoms with E-state index in [1.165, 1.54) is 6.33 Å². The lowest BCUT2D eigenvalue weighted by molar-refractivity contribution is 0.112. The Labute approximate surface area is 98.1 Å². The fourth-order valence-electron chi connectivity index (χ4n) is 2.00. The number of aliphatic hydroxyl groups excluding tert-OH is 1. The van der Waals surface area contributed by atoms with E-state index in [9.17, 15) is 9.90 Å². The molecule has 1 aliphatic rings. The Bertz CT molecular complexity index is 400. The van der Waals surface area contributed by atoms with Crippen LogP contribution in [-0.4, -0.2) is 40.6 Å². The van der Waals surface area contributed by atoms with Gasteiger partial charge >= 0.3 is 0 Å². The molecule has 5 nitrogen and oxygen atoms in total. The minimum absolute atomic E-state index is 0.0182. The zero-order valence-electron chi connectivity index (χ0n) is 8.64. The van der Waals surface area contributed by atoms with E-state index in [-0.39, 0.29) is 17.8 Å². The molecule has 86 valence electrons. The van der Waals surface area contributed by atoms with Crippen LogP contribution in [0.15, 0.2) is 6.33 Å². The second kappa shape index (κ2) is 4.76. The molecule has 2 rings (SSSR count). The molecule has 1 saturated heterocycles. The molecule has 0 amide bonds. The zero-order chi connectivity index (χ0) is 11.5. The van der Waals surface area contributed by atoms with Gasteiger partial charge in [-0.25, -0.2) is 9.97 Å². The van der Waals surface area contributed by atoms with Crippen molar-refractivity contribution in [2.45, 2.75) is 18.9 Å². The first-order valence-corrected chi connectivity index (χ1v) is 5.49. The van der Waals surface area contributed by atoms with Crippen molar-refractivity contribution >= 4 is 23.7 Å². The van der Waals surface area contributed by atoms with Gasteiger partial charge in [-0.3, -0.25) is 4.79 Å². The summed E-state index contributed by atoms with van der Waals surface area (Å²) in [6.45, 7) is 0.833. The fraction of sp³-hybridized carbons (Fsp3) is 0.500. The second-order valence-corrected chi connectivity index (χ2v) is 4.05. The van der Waals surface area contributed by atoms with Crippen LogP contribution in [-0.2, 0) is 0 Å². The summed E-state index contributed by atoms with van der Waals surface area (Å²) in [5.41, 5.74) is 0.296. The molecule has 0 spiro atoms. The zero-order valence-corrected chi connectivity index (χ0v) is 9.39. The van der Waals surface area contributed by atoms with Gasteiger partial charge in [0.1, 0.15) is 17.3 Å². The fourth-order valence-corrected chi connectivity index (χ4v) is 2.17. The van der Waals surface area contributed by atoms with E-state index < -0.39 is 0 Å². The molecule has 0 aliphatic carbocycles. The first-order chi connectivity index (χ1) is 7.77. The van der Waals surface area contributed by atoms with Crippen LogP contribution in [0.4, 0.5) is 5.82 Å². The highest BCUT2D eigenvalue weighted by atomic mass is 35.5. The number of rotatable bonds is 3. The molecule has 1 aliphatic heterocycles. The predicted molar refractivity (Wildman–Crippen MR) is 59.9 cm³/mol. The third-order valence-electron chi connectivity index (χ3n) is 2.79. The molecule has 0 saturated carbocycles. The molecule has 16 heavy (non-hydrogen) atoms. The second-order valence-electron chi connectivity index (χ2n) is 3.69. The molecule has 0 aromatic carbocycles. The third-order valence-corrected chi connectivity index (χ3v) is 3.09. The summed E-state index contributed by atoms with van der Waals surface area (Å²) >= 11 is 5.83. The summed E-state index contributed by atoms with van der Waals surface area (Å²) in [6, 6.07) is 0.0182. The molecule has 1 unspecified atom stereocenters. The average molecular weight is 242 g/mol. The lowest BCUT2D eigenvalue weighted by Crippen LogP contribution is -2.33. The van der Waals surface area contributed by atoms with Crippen molar-refractivity contribution in [3.63, 3.8) is 0 Å². The maximum Gasteiger partial charge on any atom is 0.156 e. The number of anilines is 1. The first kappa shape index (κ1) is 11.3. The Balaban J connectivity index is 2.39. The van der Waals surface area contributed by atoms with Gasteiger partial charge in [0.15, 0.2) is 6.29 Å². The van der Waals surface area contributed by atoms with Crippen molar-refractivity contribution in [2.24, 2.45) is 0 Å². The van der Waals surface area contributed by atoms with Gasteiger partial charge in [-0.2, -0.15) is 0 Å². The largest absolute Gasteiger partial charge is 0.394 e. The number of aromatic nitrogens is 2. The van der Waals surface area contributed by atoms with E-state index >= 15 is 0 Å². The van der Waals surface area contributed by atoms with Crippen LogP contribution < -0.4 is 4.90 Å². The number of hydrogen-bond acceptors (Lipinski definition) is 5. The van der Waals surface area contributed by atoms with Gasteiger partial charge < -0.3 is 10.0 Å². The quantitative estimate of drug-likeness (QED) is 0.629. The van der Waals surface area contributed by atoms with Crippen LogP contribution in [0, 0.1) is 0 Å². The molecule has 1 aromatic rings. The number of carbonyl (C=O) groups is 1. The highest BCUT2D eigenvalue weighted by Gasteiger charge is 2.27. The Morgan fingerprint density at radius 2 is 2.44 bits per heavy atom. The Morgan fingerprint density at radius 3 is 3.12 bits per heavy atom. The highest BCUT2D eigenvalue weighted by molar-refractivity contribution is 6.32. The van der Waals surface area contributed by atoms with Gasteiger partial charge in [0.25, 0.3) is 0 Å². The Kier molecular flexibility index (Phi) is 3.36. The van der Waals surface area contributed by atoms with Crippen molar-refractivity contribution in [1.82, 2.24) is 9.97 Å². The van der Waals surface area contributed by atoms with Crippen LogP contribution in [0.25, 0.3) is 0 Å². The molecule has 0 radical (unpaired) electrons. The standard InChI is InChI=1S/C10H12ClN3O2/c11-9-8(5-16)10(13-6-12-9)14-3-1-2-7(14)4-15/h5-7,15H,1-4H2. The molecule has 0 bridgehead atoms. The molecule has 1 N–H and O–H groups in total. The third kappa shape index (κ3) is 1.88. The van der Waals surface area contributed by atoms with Gasteiger partial charge in [-0.15, -0.1) is 0 Å². The van der Waals surface area contributed by atoms with Gasteiger partial charge in [-0.1, -0.05) is 11.6 Å². The first-order valence-electron chi connectivity index (χ1n) is 5.11. The summed E-state index contributed by atoms with van der Waals surface area (Å²) in [6.07, 6.45) is 3.86.